The summed E-state index contributed by atoms with van der Waals surface area (Å²) in [6.45, 7) is 3.91. The van der Waals surface area contributed by atoms with E-state index in [1.165, 1.54) is 23.5 Å². The molecule has 3 rings (SSSR count). The van der Waals surface area contributed by atoms with Crippen molar-refractivity contribution in [3.05, 3.63) is 45.7 Å². The summed E-state index contributed by atoms with van der Waals surface area (Å²) < 4.78 is 18.5. The van der Waals surface area contributed by atoms with Gasteiger partial charge >= 0.3 is 0 Å². The number of carbonyl (C=O) groups is 1. The second kappa shape index (κ2) is 7.72. The van der Waals surface area contributed by atoms with Crippen LogP contribution in [0.4, 0.5) is 4.39 Å². The Labute approximate surface area is 144 Å². The number of thiazole rings is 1. The van der Waals surface area contributed by atoms with Crippen LogP contribution < -0.4 is 15.4 Å². The Balaban J connectivity index is 1.59. The van der Waals surface area contributed by atoms with Crippen molar-refractivity contribution < 1.29 is 13.9 Å². The van der Waals surface area contributed by atoms with Crippen LogP contribution in [0.15, 0.2) is 24.3 Å². The number of hydrogen-bond donors (Lipinski definition) is 2. The van der Waals surface area contributed by atoms with E-state index in [-0.39, 0.29) is 24.4 Å². The largest absolute Gasteiger partial charge is 0.486 e. The van der Waals surface area contributed by atoms with E-state index in [0.717, 1.165) is 30.9 Å². The van der Waals surface area contributed by atoms with Gasteiger partial charge in [0.2, 0.25) is 0 Å². The zero-order valence-electron chi connectivity index (χ0n) is 13.5. The number of rotatable bonds is 5. The van der Waals surface area contributed by atoms with Crippen molar-refractivity contribution in [3.8, 4) is 5.75 Å². The van der Waals surface area contributed by atoms with Crippen LogP contribution in [0.5, 0.6) is 5.75 Å². The van der Waals surface area contributed by atoms with Gasteiger partial charge in [-0.15, -0.1) is 11.3 Å². The Morgan fingerprint density at radius 2 is 2.25 bits per heavy atom. The molecular weight excluding hydrogens is 329 g/mol. The molecule has 0 spiro atoms. The van der Waals surface area contributed by atoms with Crippen molar-refractivity contribution in [2.24, 2.45) is 0 Å². The van der Waals surface area contributed by atoms with Crippen molar-refractivity contribution in [1.82, 2.24) is 15.6 Å². The highest BCUT2D eigenvalue weighted by Gasteiger charge is 2.20. The summed E-state index contributed by atoms with van der Waals surface area (Å²) in [6.07, 6.45) is 2.07. The number of benzene rings is 1. The maximum atomic E-state index is 12.9. The Kier molecular flexibility index (Phi) is 5.42. The van der Waals surface area contributed by atoms with Gasteiger partial charge in [0.1, 0.15) is 28.1 Å². The fourth-order valence-corrected chi connectivity index (χ4v) is 3.51. The molecule has 1 aromatic carbocycles. The number of nitrogens with one attached hydrogen (secondary N) is 2. The minimum atomic E-state index is -0.302. The molecule has 2 heterocycles. The molecule has 1 saturated heterocycles. The zero-order chi connectivity index (χ0) is 16.9. The molecule has 2 N–H and O–H groups in total. The molecule has 0 radical (unpaired) electrons. The average Bonchev–Trinajstić information content (AvgIpc) is 2.96. The maximum absolute atomic E-state index is 12.9. The highest BCUT2D eigenvalue weighted by molar-refractivity contribution is 7.13. The summed E-state index contributed by atoms with van der Waals surface area (Å²) >= 11 is 1.34. The third kappa shape index (κ3) is 4.30. The topological polar surface area (TPSA) is 63.2 Å². The van der Waals surface area contributed by atoms with Gasteiger partial charge in [-0.05, 0) is 50.6 Å². The third-order valence-corrected chi connectivity index (χ3v) is 4.98. The van der Waals surface area contributed by atoms with Gasteiger partial charge < -0.3 is 15.4 Å². The lowest BCUT2D eigenvalue weighted by Gasteiger charge is -2.23. The van der Waals surface area contributed by atoms with Gasteiger partial charge in [-0.3, -0.25) is 4.79 Å². The fourth-order valence-electron chi connectivity index (χ4n) is 2.63. The van der Waals surface area contributed by atoms with Crippen LogP contribution in [-0.2, 0) is 6.61 Å². The monoisotopic (exact) mass is 349 g/mol. The summed E-state index contributed by atoms with van der Waals surface area (Å²) in [6, 6.07) is 6.00. The smallest absolute Gasteiger partial charge is 0.263 e. The maximum Gasteiger partial charge on any atom is 0.263 e. The predicted octanol–water partition coefficient (Wildman–Crippen LogP) is 2.65. The van der Waals surface area contributed by atoms with Gasteiger partial charge in [-0.1, -0.05) is 0 Å². The number of nitrogens with zero attached hydrogens (tertiary/aromatic N) is 1. The Hall–Kier alpha value is -1.99. The number of halogens is 1. The number of carbonyl (C=O) groups excluding carboxylic acids is 1. The molecule has 1 aliphatic rings. The number of ether oxygens (including phenoxy) is 1. The molecule has 2 aromatic rings. The molecule has 1 amide bonds. The van der Waals surface area contributed by atoms with E-state index in [4.69, 9.17) is 4.74 Å². The van der Waals surface area contributed by atoms with Gasteiger partial charge in [0.05, 0.1) is 5.69 Å². The highest BCUT2D eigenvalue weighted by Crippen LogP contribution is 2.21. The van der Waals surface area contributed by atoms with E-state index in [0.29, 0.717) is 16.3 Å². The highest BCUT2D eigenvalue weighted by atomic mass is 32.1. The van der Waals surface area contributed by atoms with Crippen LogP contribution in [0.25, 0.3) is 0 Å². The Bertz CT molecular complexity index is 696. The summed E-state index contributed by atoms with van der Waals surface area (Å²) in [4.78, 5) is 17.4. The van der Waals surface area contributed by atoms with Crippen LogP contribution in [0.3, 0.4) is 0 Å². The molecule has 128 valence electrons. The third-order valence-electron chi connectivity index (χ3n) is 3.86. The lowest BCUT2D eigenvalue weighted by Crippen LogP contribution is -2.45. The average molecular weight is 349 g/mol. The normalized spacial score (nSPS) is 17.5. The van der Waals surface area contributed by atoms with Crippen molar-refractivity contribution in [1.29, 1.82) is 0 Å². The second-order valence-corrected chi connectivity index (χ2v) is 6.87. The minimum Gasteiger partial charge on any atom is -0.486 e. The van der Waals surface area contributed by atoms with E-state index in [2.05, 4.69) is 15.6 Å². The first-order chi connectivity index (χ1) is 11.6. The molecule has 1 unspecified atom stereocenters. The first kappa shape index (κ1) is 16.9. The van der Waals surface area contributed by atoms with Crippen molar-refractivity contribution in [3.63, 3.8) is 0 Å². The number of aryl methyl sites for hydroxylation is 1. The Morgan fingerprint density at radius 3 is 2.96 bits per heavy atom. The summed E-state index contributed by atoms with van der Waals surface area (Å²) in [5, 5.41) is 7.06. The molecule has 5 nitrogen and oxygen atoms in total. The van der Waals surface area contributed by atoms with Crippen molar-refractivity contribution in [2.45, 2.75) is 32.4 Å². The van der Waals surface area contributed by atoms with Gasteiger partial charge in [0, 0.05) is 12.6 Å². The van der Waals surface area contributed by atoms with Crippen LogP contribution in [0, 0.1) is 12.7 Å². The molecule has 1 fully saturated rings. The van der Waals surface area contributed by atoms with E-state index in [9.17, 15) is 9.18 Å². The molecule has 1 aromatic heterocycles. The number of hydrogen-bond acceptors (Lipinski definition) is 5. The predicted molar refractivity (Wildman–Crippen MR) is 90.9 cm³/mol. The molecule has 0 bridgehead atoms. The van der Waals surface area contributed by atoms with Crippen molar-refractivity contribution >= 4 is 17.2 Å². The van der Waals surface area contributed by atoms with Gasteiger partial charge in [-0.2, -0.15) is 0 Å². The van der Waals surface area contributed by atoms with E-state index in [1.54, 1.807) is 12.1 Å². The zero-order valence-corrected chi connectivity index (χ0v) is 14.3. The molecule has 1 atom stereocenters. The summed E-state index contributed by atoms with van der Waals surface area (Å²) in [5.74, 6) is 0.193. The number of piperidine rings is 1. The quantitative estimate of drug-likeness (QED) is 0.871. The van der Waals surface area contributed by atoms with Gasteiger partial charge in [0.15, 0.2) is 0 Å². The number of amides is 1. The molecule has 0 saturated carbocycles. The SMILES string of the molecule is Cc1nc(COc2ccc(F)cc2)sc1C(=O)NC1CCCNC1. The molecule has 1 aliphatic heterocycles. The minimum absolute atomic E-state index is 0.0771. The first-order valence-corrected chi connectivity index (χ1v) is 8.80. The van der Waals surface area contributed by atoms with E-state index in [1.807, 2.05) is 6.92 Å². The lowest BCUT2D eigenvalue weighted by molar-refractivity contribution is 0.0934. The Morgan fingerprint density at radius 1 is 1.46 bits per heavy atom. The van der Waals surface area contributed by atoms with Crippen LogP contribution in [-0.4, -0.2) is 30.0 Å². The molecule has 0 aliphatic carbocycles. The molecule has 7 heteroatoms. The first-order valence-electron chi connectivity index (χ1n) is 7.98. The summed E-state index contributed by atoms with van der Waals surface area (Å²) in [7, 11) is 0. The molecular formula is C17H20FN3O2S. The second-order valence-electron chi connectivity index (χ2n) is 5.78. The van der Waals surface area contributed by atoms with Gasteiger partial charge in [-0.25, -0.2) is 9.37 Å². The molecule has 24 heavy (non-hydrogen) atoms. The lowest BCUT2D eigenvalue weighted by atomic mass is 10.1. The summed E-state index contributed by atoms with van der Waals surface area (Å²) in [5.41, 5.74) is 0.707. The van der Waals surface area contributed by atoms with Crippen LogP contribution >= 0.6 is 11.3 Å². The van der Waals surface area contributed by atoms with E-state index >= 15 is 0 Å². The fraction of sp³-hybridized carbons (Fsp3) is 0.412. The van der Waals surface area contributed by atoms with Crippen molar-refractivity contribution in [2.75, 3.05) is 13.1 Å². The van der Waals surface area contributed by atoms with Crippen LogP contribution in [0.1, 0.15) is 33.2 Å². The van der Waals surface area contributed by atoms with E-state index < -0.39 is 0 Å². The van der Waals surface area contributed by atoms with Crippen LogP contribution in [0.2, 0.25) is 0 Å². The standard InChI is InChI=1S/C17H20FN3O2S/c1-11-16(17(22)21-13-3-2-8-19-9-13)24-15(20-11)10-23-14-6-4-12(18)5-7-14/h4-7,13,19H,2-3,8-10H2,1H3,(H,21,22). The number of aromatic nitrogens is 1. The van der Waals surface area contributed by atoms with Gasteiger partial charge in [0.25, 0.3) is 5.91 Å².